The molecule has 1 aromatic heterocycles. The van der Waals surface area contributed by atoms with Crippen LogP contribution in [0.5, 0.6) is 5.75 Å². The molecule has 0 aliphatic carbocycles. The fourth-order valence-electron chi connectivity index (χ4n) is 3.35. The number of aryl methyl sites for hydroxylation is 1. The molecule has 8 heteroatoms. The van der Waals surface area contributed by atoms with Gasteiger partial charge in [-0.25, -0.2) is 10.4 Å². The molecule has 0 bridgehead atoms. The van der Waals surface area contributed by atoms with E-state index in [1.54, 1.807) is 13.3 Å². The number of rotatable bonds is 6. The number of hydrogen-bond acceptors (Lipinski definition) is 7. The molecule has 2 heterocycles. The molecular formula is C23H24N4O3S. The zero-order chi connectivity index (χ0) is 21.6. The van der Waals surface area contributed by atoms with Crippen LogP contribution in [0.3, 0.4) is 0 Å². The predicted octanol–water partition coefficient (Wildman–Crippen LogP) is 3.73. The molecule has 4 rings (SSSR count). The van der Waals surface area contributed by atoms with Crippen LogP contribution in [0.25, 0.3) is 10.6 Å². The number of nitrogens with one attached hydrogen (secondary N) is 1. The molecule has 7 nitrogen and oxygen atoms in total. The van der Waals surface area contributed by atoms with Crippen LogP contribution < -0.4 is 15.1 Å². The number of anilines is 1. The van der Waals surface area contributed by atoms with Gasteiger partial charge in [0.05, 0.1) is 37.8 Å². The van der Waals surface area contributed by atoms with E-state index in [9.17, 15) is 4.79 Å². The molecule has 0 radical (unpaired) electrons. The number of hydrazone groups is 1. The Morgan fingerprint density at radius 2 is 1.94 bits per heavy atom. The number of ether oxygens (including phenoxy) is 2. The van der Waals surface area contributed by atoms with E-state index in [1.807, 2.05) is 43.3 Å². The number of methoxy groups -OCH3 is 1. The molecule has 1 aliphatic heterocycles. The van der Waals surface area contributed by atoms with Gasteiger partial charge in [-0.2, -0.15) is 5.10 Å². The number of hydrogen-bond donors (Lipinski definition) is 1. The number of carbonyl (C=O) groups is 1. The molecule has 1 amide bonds. The number of morpholine rings is 1. The monoisotopic (exact) mass is 436 g/mol. The first-order chi connectivity index (χ1) is 15.2. The minimum Gasteiger partial charge on any atom is -0.496 e. The van der Waals surface area contributed by atoms with Crippen molar-refractivity contribution in [3.8, 4) is 16.3 Å². The molecule has 0 atom stereocenters. The van der Waals surface area contributed by atoms with Crippen molar-refractivity contribution in [1.82, 2.24) is 10.4 Å². The van der Waals surface area contributed by atoms with Crippen LogP contribution >= 0.6 is 11.3 Å². The summed E-state index contributed by atoms with van der Waals surface area (Å²) in [7, 11) is 1.62. The van der Waals surface area contributed by atoms with E-state index in [1.165, 1.54) is 11.3 Å². The number of amides is 1. The number of para-hydroxylation sites is 1. The van der Waals surface area contributed by atoms with Crippen molar-refractivity contribution >= 4 is 29.1 Å². The molecule has 31 heavy (non-hydrogen) atoms. The van der Waals surface area contributed by atoms with Crippen LogP contribution in [0.2, 0.25) is 0 Å². The van der Waals surface area contributed by atoms with Crippen LogP contribution in [0.1, 0.15) is 20.9 Å². The minimum absolute atomic E-state index is 0.280. The van der Waals surface area contributed by atoms with E-state index in [2.05, 4.69) is 32.5 Å². The Kier molecular flexibility index (Phi) is 6.59. The van der Waals surface area contributed by atoms with E-state index < -0.39 is 0 Å². The summed E-state index contributed by atoms with van der Waals surface area (Å²) in [5, 5.41) is 4.85. The molecule has 0 spiro atoms. The largest absolute Gasteiger partial charge is 0.496 e. The molecule has 3 aromatic rings. The molecule has 1 N–H and O–H groups in total. The lowest BCUT2D eigenvalue weighted by Crippen LogP contribution is -2.36. The summed E-state index contributed by atoms with van der Waals surface area (Å²) in [6.45, 7) is 5.12. The van der Waals surface area contributed by atoms with E-state index in [0.717, 1.165) is 53.9 Å². The van der Waals surface area contributed by atoms with Crippen LogP contribution in [0.15, 0.2) is 53.6 Å². The van der Waals surface area contributed by atoms with E-state index in [4.69, 9.17) is 9.47 Å². The highest BCUT2D eigenvalue weighted by atomic mass is 32.1. The molecule has 1 saturated heterocycles. The van der Waals surface area contributed by atoms with Crippen molar-refractivity contribution in [1.29, 1.82) is 0 Å². The minimum atomic E-state index is -0.280. The second kappa shape index (κ2) is 9.72. The number of nitrogens with zero attached hydrogens (tertiary/aromatic N) is 3. The van der Waals surface area contributed by atoms with E-state index >= 15 is 0 Å². The molecule has 0 unspecified atom stereocenters. The summed E-state index contributed by atoms with van der Waals surface area (Å²) in [5.41, 5.74) is 6.20. The second-order valence-electron chi connectivity index (χ2n) is 7.02. The first-order valence-electron chi connectivity index (χ1n) is 10.0. The first kappa shape index (κ1) is 21.0. The lowest BCUT2D eigenvalue weighted by atomic mass is 10.2. The first-order valence-corrected chi connectivity index (χ1v) is 10.8. The Bertz CT molecular complexity index is 1070. The maximum atomic E-state index is 12.6. The van der Waals surface area contributed by atoms with Crippen molar-refractivity contribution in [2.24, 2.45) is 5.10 Å². The average molecular weight is 437 g/mol. The van der Waals surface area contributed by atoms with Crippen molar-refractivity contribution in [2.45, 2.75) is 6.92 Å². The smallest absolute Gasteiger partial charge is 0.283 e. The Balaban J connectivity index is 1.41. The van der Waals surface area contributed by atoms with Crippen molar-refractivity contribution < 1.29 is 14.3 Å². The third-order valence-corrected chi connectivity index (χ3v) is 6.18. The summed E-state index contributed by atoms with van der Waals surface area (Å²) in [4.78, 5) is 20.0. The van der Waals surface area contributed by atoms with Gasteiger partial charge >= 0.3 is 0 Å². The summed E-state index contributed by atoms with van der Waals surface area (Å²) in [6.07, 6.45) is 1.64. The lowest BCUT2D eigenvalue weighted by Gasteiger charge is -2.28. The van der Waals surface area contributed by atoms with Gasteiger partial charge in [0.1, 0.15) is 15.6 Å². The zero-order valence-electron chi connectivity index (χ0n) is 17.5. The van der Waals surface area contributed by atoms with Crippen LogP contribution in [-0.4, -0.2) is 50.5 Å². The fraction of sp³-hybridized carbons (Fsp3) is 0.261. The van der Waals surface area contributed by atoms with Gasteiger partial charge in [0, 0.05) is 18.8 Å². The maximum absolute atomic E-state index is 12.6. The molecule has 1 aliphatic rings. The van der Waals surface area contributed by atoms with Crippen LogP contribution in [-0.2, 0) is 4.74 Å². The molecular weight excluding hydrogens is 412 g/mol. The van der Waals surface area contributed by atoms with Crippen molar-refractivity contribution in [3.63, 3.8) is 0 Å². The molecule has 160 valence electrons. The van der Waals surface area contributed by atoms with E-state index in [-0.39, 0.29) is 5.91 Å². The highest BCUT2D eigenvalue weighted by molar-refractivity contribution is 7.17. The van der Waals surface area contributed by atoms with Crippen LogP contribution in [0, 0.1) is 6.92 Å². The number of benzene rings is 2. The Morgan fingerprint density at radius 1 is 1.19 bits per heavy atom. The van der Waals surface area contributed by atoms with Gasteiger partial charge in [-0.15, -0.1) is 11.3 Å². The number of carbonyl (C=O) groups excluding carboxylic acids is 1. The highest BCUT2D eigenvalue weighted by Gasteiger charge is 2.18. The predicted molar refractivity (Wildman–Crippen MR) is 123 cm³/mol. The number of aromatic nitrogens is 1. The topological polar surface area (TPSA) is 76.0 Å². The van der Waals surface area contributed by atoms with Gasteiger partial charge in [-0.3, -0.25) is 4.79 Å². The van der Waals surface area contributed by atoms with Gasteiger partial charge in [0.2, 0.25) is 0 Å². The summed E-state index contributed by atoms with van der Waals surface area (Å²) >= 11 is 1.32. The maximum Gasteiger partial charge on any atom is 0.283 e. The molecule has 2 aromatic carbocycles. The van der Waals surface area contributed by atoms with Gasteiger partial charge in [0.25, 0.3) is 5.91 Å². The Morgan fingerprint density at radius 3 is 2.68 bits per heavy atom. The molecule has 0 saturated carbocycles. The SMILES string of the molecule is COc1ccccc1-c1nc(C)c(C(=O)NN=Cc2ccc(N3CCOCC3)cc2)s1. The quantitative estimate of drug-likeness (QED) is 0.471. The second-order valence-corrected chi connectivity index (χ2v) is 8.02. The summed E-state index contributed by atoms with van der Waals surface area (Å²) in [6, 6.07) is 15.7. The van der Waals surface area contributed by atoms with Gasteiger partial charge in [0.15, 0.2) is 0 Å². The normalized spacial score (nSPS) is 14.1. The van der Waals surface area contributed by atoms with Gasteiger partial charge in [-0.1, -0.05) is 24.3 Å². The van der Waals surface area contributed by atoms with E-state index in [0.29, 0.717) is 10.6 Å². The lowest BCUT2D eigenvalue weighted by molar-refractivity contribution is 0.0958. The Hall–Kier alpha value is -3.23. The third kappa shape index (κ3) is 4.92. The Labute approximate surface area is 185 Å². The average Bonchev–Trinajstić information content (AvgIpc) is 3.21. The van der Waals surface area contributed by atoms with Gasteiger partial charge in [-0.05, 0) is 36.8 Å². The van der Waals surface area contributed by atoms with Crippen LogP contribution in [0.4, 0.5) is 5.69 Å². The third-order valence-electron chi connectivity index (χ3n) is 4.99. The summed E-state index contributed by atoms with van der Waals surface area (Å²) in [5.74, 6) is 0.444. The fourth-order valence-corrected chi connectivity index (χ4v) is 4.34. The number of thiazole rings is 1. The van der Waals surface area contributed by atoms with Crippen molar-refractivity contribution in [3.05, 3.63) is 64.7 Å². The standard InChI is InChI=1S/C23H24N4O3S/c1-16-21(31-23(25-16)19-5-3-4-6-20(19)29-2)22(28)26-24-15-17-7-9-18(10-8-17)27-11-13-30-14-12-27/h3-10,15H,11-14H2,1-2H3,(H,26,28). The molecule has 1 fully saturated rings. The van der Waals surface area contributed by atoms with Gasteiger partial charge < -0.3 is 14.4 Å². The zero-order valence-corrected chi connectivity index (χ0v) is 18.3. The highest BCUT2D eigenvalue weighted by Crippen LogP contribution is 2.34. The summed E-state index contributed by atoms with van der Waals surface area (Å²) < 4.78 is 10.8. The van der Waals surface area contributed by atoms with Crippen molar-refractivity contribution in [2.75, 3.05) is 38.3 Å².